The van der Waals surface area contributed by atoms with Crippen LogP contribution in [0.2, 0.25) is 0 Å². The largest absolute Gasteiger partial charge is 0.343 e. The number of piperidine rings is 1. The maximum absolute atomic E-state index is 13.2. The lowest BCUT2D eigenvalue weighted by atomic mass is 9.84. The summed E-state index contributed by atoms with van der Waals surface area (Å²) in [5, 5.41) is 3.27. The summed E-state index contributed by atoms with van der Waals surface area (Å²) >= 11 is 0. The van der Waals surface area contributed by atoms with E-state index in [2.05, 4.69) is 5.10 Å². The summed E-state index contributed by atoms with van der Waals surface area (Å²) in [6.07, 6.45) is 6.03. The van der Waals surface area contributed by atoms with Crippen LogP contribution >= 0.6 is 0 Å². The van der Waals surface area contributed by atoms with Crippen molar-refractivity contribution in [1.29, 1.82) is 0 Å². The first-order chi connectivity index (χ1) is 14.5. The van der Waals surface area contributed by atoms with Gasteiger partial charge in [-0.2, -0.15) is 0 Å². The Kier molecular flexibility index (Phi) is 4.87. The number of carbonyl (C=O) groups excluding carboxylic acids is 2. The lowest BCUT2D eigenvalue weighted by molar-refractivity contribution is -0.139. The first-order valence-corrected chi connectivity index (χ1v) is 11.2. The molecule has 3 aliphatic rings. The molecule has 0 bridgehead atoms. The van der Waals surface area contributed by atoms with Gasteiger partial charge in [0.15, 0.2) is 5.65 Å². The third-order valence-corrected chi connectivity index (χ3v) is 7.14. The summed E-state index contributed by atoms with van der Waals surface area (Å²) in [4.78, 5) is 46.2. The Hall–Kier alpha value is -2.64. The predicted octanol–water partition coefficient (Wildman–Crippen LogP) is 1.82. The van der Waals surface area contributed by atoms with Crippen molar-refractivity contribution in [2.45, 2.75) is 64.3 Å². The van der Waals surface area contributed by atoms with E-state index >= 15 is 0 Å². The first-order valence-electron chi connectivity index (χ1n) is 11.2. The van der Waals surface area contributed by atoms with Gasteiger partial charge in [0, 0.05) is 56.1 Å². The molecule has 1 saturated heterocycles. The van der Waals surface area contributed by atoms with Gasteiger partial charge < -0.3 is 9.80 Å². The number of likely N-dealkylation sites (tertiary alicyclic amines) is 1. The molecule has 0 spiro atoms. The molecule has 5 rings (SSSR count). The molecule has 0 aromatic carbocycles. The molecule has 0 atom stereocenters. The number of aromatic amines is 1. The molecule has 8 heteroatoms. The highest BCUT2D eigenvalue weighted by Crippen LogP contribution is 2.30. The Morgan fingerprint density at radius 2 is 1.90 bits per heavy atom. The van der Waals surface area contributed by atoms with E-state index in [9.17, 15) is 14.4 Å². The standard InChI is InChI=1S/C22H29N5O3/c1-2-20(28)25-9-6-14(7-10-25)18-12-19-23-17-8-11-26(21(29)15-4-3-5-15)13-16(17)22(30)27(19)24-18/h12,14-15,24H,2-11,13H2,1H3. The lowest BCUT2D eigenvalue weighted by Crippen LogP contribution is -2.44. The summed E-state index contributed by atoms with van der Waals surface area (Å²) in [5.74, 6) is 0.836. The molecule has 8 nitrogen and oxygen atoms in total. The molecule has 0 unspecified atom stereocenters. The highest BCUT2D eigenvalue weighted by atomic mass is 16.2. The van der Waals surface area contributed by atoms with Crippen molar-refractivity contribution in [2.75, 3.05) is 19.6 Å². The lowest BCUT2D eigenvalue weighted by Gasteiger charge is -2.34. The van der Waals surface area contributed by atoms with E-state index in [1.54, 1.807) is 0 Å². The van der Waals surface area contributed by atoms with Crippen LogP contribution < -0.4 is 5.56 Å². The zero-order valence-electron chi connectivity index (χ0n) is 17.5. The molecule has 2 amide bonds. The van der Waals surface area contributed by atoms with E-state index in [0.717, 1.165) is 56.6 Å². The zero-order chi connectivity index (χ0) is 20.8. The summed E-state index contributed by atoms with van der Waals surface area (Å²) in [5.41, 5.74) is 3.04. The van der Waals surface area contributed by atoms with Gasteiger partial charge in [0.05, 0.1) is 17.8 Å². The van der Waals surface area contributed by atoms with Gasteiger partial charge in [0.2, 0.25) is 11.8 Å². The fourth-order valence-corrected chi connectivity index (χ4v) is 4.97. The second-order valence-corrected chi connectivity index (χ2v) is 8.89. The molecule has 2 aliphatic heterocycles. The maximum atomic E-state index is 13.2. The third kappa shape index (κ3) is 3.22. The Labute approximate surface area is 175 Å². The van der Waals surface area contributed by atoms with Crippen molar-refractivity contribution < 1.29 is 9.59 Å². The Morgan fingerprint density at radius 3 is 2.57 bits per heavy atom. The zero-order valence-corrected chi connectivity index (χ0v) is 17.5. The normalized spacial score (nSPS) is 20.3. The molecule has 2 fully saturated rings. The highest BCUT2D eigenvalue weighted by Gasteiger charge is 2.33. The minimum Gasteiger partial charge on any atom is -0.343 e. The van der Waals surface area contributed by atoms with Gasteiger partial charge in [0.25, 0.3) is 5.56 Å². The van der Waals surface area contributed by atoms with Gasteiger partial charge in [-0.1, -0.05) is 13.3 Å². The molecule has 0 radical (unpaired) electrons. The second kappa shape index (κ2) is 7.56. The number of amides is 2. The second-order valence-electron chi connectivity index (χ2n) is 8.89. The van der Waals surface area contributed by atoms with Crippen molar-refractivity contribution in [3.05, 3.63) is 33.4 Å². The van der Waals surface area contributed by atoms with Gasteiger partial charge in [0.1, 0.15) is 0 Å². The summed E-state index contributed by atoms with van der Waals surface area (Å²) in [7, 11) is 0. The van der Waals surface area contributed by atoms with E-state index in [4.69, 9.17) is 4.98 Å². The molecule has 1 N–H and O–H groups in total. The maximum Gasteiger partial charge on any atom is 0.277 e. The van der Waals surface area contributed by atoms with Crippen LogP contribution in [-0.2, 0) is 22.6 Å². The molecular formula is C22H29N5O3. The molecule has 1 aliphatic carbocycles. The molecule has 30 heavy (non-hydrogen) atoms. The number of nitrogens with zero attached hydrogens (tertiary/aromatic N) is 4. The molecule has 2 aromatic rings. The van der Waals surface area contributed by atoms with Gasteiger partial charge in [-0.05, 0) is 25.7 Å². The minimum atomic E-state index is -0.0917. The summed E-state index contributed by atoms with van der Waals surface area (Å²) in [6.45, 7) is 4.41. The van der Waals surface area contributed by atoms with Crippen molar-refractivity contribution in [3.8, 4) is 0 Å². The average molecular weight is 412 g/mol. The molecule has 4 heterocycles. The SMILES string of the molecule is CCC(=O)N1CCC(c2cc3nc4c(c(=O)n3[nH]2)CN(C(=O)C2CCC2)CC4)CC1. The van der Waals surface area contributed by atoms with Crippen molar-refractivity contribution in [1.82, 2.24) is 24.4 Å². The van der Waals surface area contributed by atoms with Crippen LogP contribution in [0.15, 0.2) is 10.9 Å². The van der Waals surface area contributed by atoms with Gasteiger partial charge in [-0.15, -0.1) is 0 Å². The number of rotatable bonds is 3. The number of fused-ring (bicyclic) bond motifs is 2. The van der Waals surface area contributed by atoms with Crippen molar-refractivity contribution in [2.24, 2.45) is 5.92 Å². The van der Waals surface area contributed by atoms with Crippen molar-refractivity contribution >= 4 is 17.5 Å². The van der Waals surface area contributed by atoms with E-state index in [0.29, 0.717) is 43.1 Å². The number of hydrogen-bond acceptors (Lipinski definition) is 4. The Morgan fingerprint density at radius 1 is 1.13 bits per heavy atom. The van der Waals surface area contributed by atoms with E-state index in [1.165, 1.54) is 4.52 Å². The van der Waals surface area contributed by atoms with E-state index in [1.807, 2.05) is 22.8 Å². The molecular weight excluding hydrogens is 382 g/mol. The fourth-order valence-electron chi connectivity index (χ4n) is 4.97. The quantitative estimate of drug-likeness (QED) is 0.834. The molecule has 160 valence electrons. The number of aromatic nitrogens is 3. The van der Waals surface area contributed by atoms with Gasteiger partial charge in [-0.25, -0.2) is 9.50 Å². The first kappa shape index (κ1) is 19.3. The Balaban J connectivity index is 1.37. The fraction of sp³-hybridized carbons (Fsp3) is 0.636. The topological polar surface area (TPSA) is 90.8 Å². The third-order valence-electron chi connectivity index (χ3n) is 7.14. The van der Waals surface area contributed by atoms with Crippen molar-refractivity contribution in [3.63, 3.8) is 0 Å². The smallest absolute Gasteiger partial charge is 0.277 e. The molecule has 2 aromatic heterocycles. The van der Waals surface area contributed by atoms with Gasteiger partial charge in [-0.3, -0.25) is 19.5 Å². The Bertz CT molecular complexity index is 1040. The van der Waals surface area contributed by atoms with Crippen LogP contribution in [0.25, 0.3) is 5.65 Å². The summed E-state index contributed by atoms with van der Waals surface area (Å²) < 4.78 is 1.54. The van der Waals surface area contributed by atoms with Crippen LogP contribution in [0, 0.1) is 5.92 Å². The average Bonchev–Trinajstić information content (AvgIpc) is 3.16. The van der Waals surface area contributed by atoms with E-state index < -0.39 is 0 Å². The highest BCUT2D eigenvalue weighted by molar-refractivity contribution is 5.80. The molecule has 1 saturated carbocycles. The monoisotopic (exact) mass is 411 g/mol. The van der Waals surface area contributed by atoms with Crippen LogP contribution in [0.5, 0.6) is 0 Å². The van der Waals surface area contributed by atoms with Crippen LogP contribution in [0.3, 0.4) is 0 Å². The van der Waals surface area contributed by atoms with Crippen LogP contribution in [0.1, 0.15) is 68.3 Å². The minimum absolute atomic E-state index is 0.0917. The number of hydrogen-bond donors (Lipinski definition) is 1. The predicted molar refractivity (Wildman–Crippen MR) is 111 cm³/mol. The van der Waals surface area contributed by atoms with Crippen LogP contribution in [0.4, 0.5) is 0 Å². The number of H-pyrrole nitrogens is 1. The number of nitrogens with one attached hydrogen (secondary N) is 1. The number of carbonyl (C=O) groups is 2. The van der Waals surface area contributed by atoms with Crippen LogP contribution in [-0.4, -0.2) is 55.8 Å². The summed E-state index contributed by atoms with van der Waals surface area (Å²) in [6, 6.07) is 1.98. The van der Waals surface area contributed by atoms with Gasteiger partial charge >= 0.3 is 0 Å². The van der Waals surface area contributed by atoms with E-state index in [-0.39, 0.29) is 23.3 Å².